The second-order valence-corrected chi connectivity index (χ2v) is 7.77. The maximum absolute atomic E-state index is 12.9. The van der Waals surface area contributed by atoms with Gasteiger partial charge in [0.05, 0.1) is 20.6 Å². The van der Waals surface area contributed by atoms with E-state index in [1.807, 2.05) is 30.3 Å². The number of aliphatic hydroxyl groups is 1. The molecule has 2 unspecified atom stereocenters. The number of nitrogens with zero attached hydrogens (tertiary/aromatic N) is 1. The Labute approximate surface area is 161 Å². The Balaban J connectivity index is 0.00000208. The fourth-order valence-electron chi connectivity index (χ4n) is 4.12. The highest BCUT2D eigenvalue weighted by Crippen LogP contribution is 2.42. The Morgan fingerprint density at radius 3 is 2.33 bits per heavy atom. The molecular formula is C19H28INO3. The summed E-state index contributed by atoms with van der Waals surface area (Å²) in [7, 11) is 4.29. The molecule has 1 aliphatic heterocycles. The summed E-state index contributed by atoms with van der Waals surface area (Å²) in [6, 6.07) is 9.33. The van der Waals surface area contributed by atoms with E-state index in [0.717, 1.165) is 49.7 Å². The summed E-state index contributed by atoms with van der Waals surface area (Å²) in [6.45, 7) is 1.83. The molecule has 0 bridgehead atoms. The molecule has 134 valence electrons. The van der Waals surface area contributed by atoms with Crippen LogP contribution < -0.4 is 24.0 Å². The number of ether oxygens (including phenoxy) is 1. The van der Waals surface area contributed by atoms with Gasteiger partial charge in [0.1, 0.15) is 6.54 Å². The van der Waals surface area contributed by atoms with Gasteiger partial charge in [0.25, 0.3) is 0 Å². The number of carbonyl (C=O) groups is 1. The average molecular weight is 445 g/mol. The average Bonchev–Trinajstić information content (AvgIpc) is 3.17. The Bertz CT molecular complexity index is 557. The number of likely N-dealkylation sites (N-methyl/N-ethyl adjacent to an activating group) is 1. The number of hydrogen-bond acceptors (Lipinski definition) is 3. The van der Waals surface area contributed by atoms with Crippen LogP contribution in [0.5, 0.6) is 0 Å². The first-order valence-electron chi connectivity index (χ1n) is 8.73. The minimum atomic E-state index is -1.50. The van der Waals surface area contributed by atoms with Gasteiger partial charge in [0.15, 0.2) is 11.7 Å². The zero-order chi connectivity index (χ0) is 16.5. The number of quaternary nitrogens is 1. The van der Waals surface area contributed by atoms with Crippen LogP contribution >= 0.6 is 0 Å². The van der Waals surface area contributed by atoms with Gasteiger partial charge in [-0.3, -0.25) is 0 Å². The Morgan fingerprint density at radius 2 is 1.79 bits per heavy atom. The minimum Gasteiger partial charge on any atom is -1.00 e. The fourth-order valence-corrected chi connectivity index (χ4v) is 4.12. The Morgan fingerprint density at radius 1 is 1.17 bits per heavy atom. The predicted octanol–water partition coefficient (Wildman–Crippen LogP) is -0.540. The van der Waals surface area contributed by atoms with E-state index >= 15 is 0 Å². The SMILES string of the molecule is C[N+]1(C)CCC(OC(=O)C(O)(c2ccccc2)C2CCCC2)C1.[I-]. The van der Waals surface area contributed by atoms with Gasteiger partial charge in [0.2, 0.25) is 0 Å². The lowest BCUT2D eigenvalue weighted by Crippen LogP contribution is -3.00. The lowest BCUT2D eigenvalue weighted by Gasteiger charge is -2.33. The van der Waals surface area contributed by atoms with E-state index in [4.69, 9.17) is 4.74 Å². The number of halogens is 1. The summed E-state index contributed by atoms with van der Waals surface area (Å²) in [4.78, 5) is 12.9. The van der Waals surface area contributed by atoms with Crippen molar-refractivity contribution in [1.29, 1.82) is 0 Å². The molecule has 0 aromatic heterocycles. The van der Waals surface area contributed by atoms with E-state index in [-0.39, 0.29) is 36.0 Å². The third kappa shape index (κ3) is 3.94. The first kappa shape index (κ1) is 19.7. The summed E-state index contributed by atoms with van der Waals surface area (Å²) in [5.41, 5.74) is -0.832. The first-order chi connectivity index (χ1) is 10.9. The summed E-state index contributed by atoms with van der Waals surface area (Å²) in [6.07, 6.45) is 4.68. The maximum Gasteiger partial charge on any atom is 0.343 e. The van der Waals surface area contributed by atoms with E-state index in [1.54, 1.807) is 0 Å². The summed E-state index contributed by atoms with van der Waals surface area (Å²) < 4.78 is 6.64. The Hall–Kier alpha value is -0.660. The van der Waals surface area contributed by atoms with Gasteiger partial charge >= 0.3 is 5.97 Å². The van der Waals surface area contributed by atoms with Crippen LogP contribution in [0.2, 0.25) is 0 Å². The van der Waals surface area contributed by atoms with Gasteiger partial charge in [0, 0.05) is 12.3 Å². The molecule has 0 radical (unpaired) electrons. The standard InChI is InChI=1S/C19H28NO3.HI/c1-20(2)13-12-17(14-20)23-18(21)19(22,16-10-6-7-11-16)15-8-4-3-5-9-15;/h3-5,8-9,16-17,22H,6-7,10-14H2,1-2H3;1H/q+1;/p-1. The highest BCUT2D eigenvalue weighted by molar-refractivity contribution is 5.81. The van der Waals surface area contributed by atoms with E-state index in [9.17, 15) is 9.90 Å². The van der Waals surface area contributed by atoms with Crippen LogP contribution in [-0.2, 0) is 15.1 Å². The van der Waals surface area contributed by atoms with Crippen molar-refractivity contribution in [3.8, 4) is 0 Å². The number of carbonyl (C=O) groups excluding carboxylic acids is 1. The molecule has 0 amide bonds. The smallest absolute Gasteiger partial charge is 0.343 e. The van der Waals surface area contributed by atoms with Gasteiger partial charge in [-0.25, -0.2) is 4.79 Å². The first-order valence-corrected chi connectivity index (χ1v) is 8.73. The van der Waals surface area contributed by atoms with Gasteiger partial charge in [-0.15, -0.1) is 0 Å². The van der Waals surface area contributed by atoms with E-state index in [2.05, 4.69) is 14.1 Å². The third-order valence-electron chi connectivity index (χ3n) is 5.50. The number of hydrogen-bond donors (Lipinski definition) is 1. The molecule has 1 heterocycles. The van der Waals surface area contributed by atoms with Crippen molar-refractivity contribution < 1.29 is 43.1 Å². The zero-order valence-corrected chi connectivity index (χ0v) is 16.7. The van der Waals surface area contributed by atoms with Crippen molar-refractivity contribution in [2.45, 2.75) is 43.8 Å². The molecule has 1 N–H and O–H groups in total. The second-order valence-electron chi connectivity index (χ2n) is 7.77. The molecule has 24 heavy (non-hydrogen) atoms. The quantitative estimate of drug-likeness (QED) is 0.385. The highest BCUT2D eigenvalue weighted by atomic mass is 127. The lowest BCUT2D eigenvalue weighted by molar-refractivity contribution is -0.879. The molecule has 1 aliphatic carbocycles. The number of likely N-dealkylation sites (tertiary alicyclic amines) is 1. The minimum absolute atomic E-state index is 0. The molecule has 2 fully saturated rings. The van der Waals surface area contributed by atoms with Crippen molar-refractivity contribution in [3.05, 3.63) is 35.9 Å². The topological polar surface area (TPSA) is 46.5 Å². The van der Waals surface area contributed by atoms with Crippen molar-refractivity contribution >= 4 is 5.97 Å². The molecule has 2 aliphatic rings. The molecule has 1 saturated heterocycles. The van der Waals surface area contributed by atoms with Crippen molar-refractivity contribution in [2.75, 3.05) is 27.2 Å². The summed E-state index contributed by atoms with van der Waals surface area (Å²) in [5.74, 6) is -0.496. The monoisotopic (exact) mass is 445 g/mol. The van der Waals surface area contributed by atoms with Crippen LogP contribution in [0.25, 0.3) is 0 Å². The van der Waals surface area contributed by atoms with E-state index in [1.165, 1.54) is 0 Å². The van der Waals surface area contributed by atoms with Crippen LogP contribution in [0.4, 0.5) is 0 Å². The van der Waals surface area contributed by atoms with Crippen molar-refractivity contribution in [1.82, 2.24) is 0 Å². The normalized spacial score (nSPS) is 25.7. The van der Waals surface area contributed by atoms with Gasteiger partial charge in [-0.2, -0.15) is 0 Å². The largest absolute Gasteiger partial charge is 1.00 e. The third-order valence-corrected chi connectivity index (χ3v) is 5.50. The second kappa shape index (κ2) is 7.70. The van der Waals surface area contributed by atoms with E-state index in [0.29, 0.717) is 5.56 Å². The van der Waals surface area contributed by atoms with Gasteiger partial charge in [-0.1, -0.05) is 43.2 Å². The molecule has 4 nitrogen and oxygen atoms in total. The molecule has 1 aromatic carbocycles. The van der Waals surface area contributed by atoms with Crippen LogP contribution in [0.3, 0.4) is 0 Å². The van der Waals surface area contributed by atoms with Gasteiger partial charge < -0.3 is 38.3 Å². The predicted molar refractivity (Wildman–Crippen MR) is 88.6 cm³/mol. The van der Waals surface area contributed by atoms with Crippen LogP contribution in [0.1, 0.15) is 37.7 Å². The highest BCUT2D eigenvalue weighted by Gasteiger charge is 2.49. The molecule has 5 heteroatoms. The summed E-state index contributed by atoms with van der Waals surface area (Å²) in [5, 5.41) is 11.4. The van der Waals surface area contributed by atoms with Crippen molar-refractivity contribution in [2.24, 2.45) is 5.92 Å². The van der Waals surface area contributed by atoms with Crippen molar-refractivity contribution in [3.63, 3.8) is 0 Å². The fraction of sp³-hybridized carbons (Fsp3) is 0.632. The number of rotatable bonds is 4. The number of esters is 1. The molecule has 1 saturated carbocycles. The molecule has 1 aromatic rings. The maximum atomic E-state index is 12.9. The zero-order valence-electron chi connectivity index (χ0n) is 14.6. The summed E-state index contributed by atoms with van der Waals surface area (Å²) >= 11 is 0. The molecular weight excluding hydrogens is 417 g/mol. The number of benzene rings is 1. The van der Waals surface area contributed by atoms with Crippen LogP contribution in [0, 0.1) is 5.92 Å². The van der Waals surface area contributed by atoms with Gasteiger partial charge in [-0.05, 0) is 18.4 Å². The molecule has 0 spiro atoms. The van der Waals surface area contributed by atoms with Crippen LogP contribution in [0.15, 0.2) is 30.3 Å². The molecule has 2 atom stereocenters. The molecule has 3 rings (SSSR count). The van der Waals surface area contributed by atoms with E-state index < -0.39 is 11.6 Å². The lowest BCUT2D eigenvalue weighted by atomic mass is 9.80. The van der Waals surface area contributed by atoms with Crippen LogP contribution in [-0.4, -0.2) is 48.8 Å². The Kier molecular flexibility index (Phi) is 6.31.